The number of hydrogen-bond donors (Lipinski definition) is 2. The fourth-order valence-electron chi connectivity index (χ4n) is 4.37. The van der Waals surface area contributed by atoms with Gasteiger partial charge in [-0.05, 0) is 36.6 Å². The third kappa shape index (κ3) is 4.05. The van der Waals surface area contributed by atoms with Crippen LogP contribution in [0.15, 0.2) is 35.4 Å². The number of nitrogens with one attached hydrogen (secondary N) is 1. The molecule has 2 N–H and O–H groups in total. The zero-order chi connectivity index (χ0) is 24.0. The Morgan fingerprint density at radius 1 is 1.29 bits per heavy atom. The number of H-pyrrole nitrogens is 1. The zero-order valence-electron chi connectivity index (χ0n) is 18.2. The number of halogens is 3. The Bertz CT molecular complexity index is 1420. The van der Waals surface area contributed by atoms with E-state index < -0.39 is 17.9 Å². The van der Waals surface area contributed by atoms with Crippen LogP contribution in [0.4, 0.5) is 14.5 Å². The van der Waals surface area contributed by atoms with E-state index in [0.717, 1.165) is 12.5 Å². The molecule has 0 bridgehead atoms. The molecule has 3 aromatic heterocycles. The SMILES string of the molecule is CCCn1c(Cl)nc2nc(-c3cnn(CC4CC(O)N(c5ccc(F)cc5F)C4)c3)[nH]c2c1=O. The number of hydrogen-bond acceptors (Lipinski definition) is 6. The topological polar surface area (TPSA) is 105 Å². The van der Waals surface area contributed by atoms with Crippen molar-refractivity contribution in [3.05, 3.63) is 57.9 Å². The molecule has 1 aliphatic rings. The number of aromatic amines is 1. The highest BCUT2D eigenvalue weighted by Crippen LogP contribution is 2.31. The Morgan fingerprint density at radius 3 is 2.88 bits per heavy atom. The van der Waals surface area contributed by atoms with E-state index in [4.69, 9.17) is 11.6 Å². The zero-order valence-corrected chi connectivity index (χ0v) is 19.0. The first kappa shape index (κ1) is 22.5. The maximum atomic E-state index is 14.2. The molecule has 178 valence electrons. The number of nitrogens with zero attached hydrogens (tertiary/aromatic N) is 6. The summed E-state index contributed by atoms with van der Waals surface area (Å²) in [5, 5.41) is 14.9. The van der Waals surface area contributed by atoms with Gasteiger partial charge in [-0.3, -0.25) is 14.0 Å². The Hall–Kier alpha value is -3.31. The van der Waals surface area contributed by atoms with E-state index in [1.165, 1.54) is 21.6 Å². The predicted octanol–water partition coefficient (Wildman–Crippen LogP) is 3.17. The van der Waals surface area contributed by atoms with E-state index in [1.54, 1.807) is 17.1 Å². The van der Waals surface area contributed by atoms with Crippen LogP contribution in [-0.4, -0.2) is 47.2 Å². The highest BCUT2D eigenvalue weighted by Gasteiger charge is 2.32. The first-order chi connectivity index (χ1) is 16.3. The van der Waals surface area contributed by atoms with Crippen LogP contribution < -0.4 is 10.5 Å². The van der Waals surface area contributed by atoms with Gasteiger partial charge in [-0.15, -0.1) is 0 Å². The van der Waals surface area contributed by atoms with Crippen LogP contribution in [0.1, 0.15) is 19.8 Å². The van der Waals surface area contributed by atoms with Gasteiger partial charge in [0.05, 0.1) is 17.4 Å². The van der Waals surface area contributed by atoms with E-state index in [9.17, 15) is 18.7 Å². The van der Waals surface area contributed by atoms with Crippen molar-refractivity contribution in [2.75, 3.05) is 11.4 Å². The van der Waals surface area contributed by atoms with Crippen LogP contribution in [0.25, 0.3) is 22.6 Å². The summed E-state index contributed by atoms with van der Waals surface area (Å²) >= 11 is 6.14. The van der Waals surface area contributed by atoms with E-state index >= 15 is 0 Å². The molecule has 12 heteroatoms. The maximum Gasteiger partial charge on any atom is 0.280 e. The van der Waals surface area contributed by atoms with E-state index in [0.29, 0.717) is 37.4 Å². The van der Waals surface area contributed by atoms with Gasteiger partial charge in [0.2, 0.25) is 5.28 Å². The van der Waals surface area contributed by atoms with Crippen LogP contribution in [0.5, 0.6) is 0 Å². The molecule has 0 amide bonds. The second-order valence-corrected chi connectivity index (χ2v) is 8.74. The molecule has 1 aromatic carbocycles. The van der Waals surface area contributed by atoms with Gasteiger partial charge < -0.3 is 15.0 Å². The molecule has 4 aromatic rings. The number of fused-ring (bicyclic) bond motifs is 1. The number of anilines is 1. The molecule has 1 aliphatic heterocycles. The number of imidazole rings is 1. The van der Waals surface area contributed by atoms with Gasteiger partial charge in [-0.25, -0.2) is 13.8 Å². The predicted molar refractivity (Wildman–Crippen MR) is 122 cm³/mol. The van der Waals surface area contributed by atoms with Crippen LogP contribution in [0.2, 0.25) is 5.28 Å². The molecule has 0 saturated carbocycles. The molecule has 4 heterocycles. The quantitative estimate of drug-likeness (QED) is 0.403. The van der Waals surface area contributed by atoms with Crippen LogP contribution in [-0.2, 0) is 13.1 Å². The fourth-order valence-corrected chi connectivity index (χ4v) is 4.61. The molecular weight excluding hydrogens is 468 g/mol. The maximum absolute atomic E-state index is 14.2. The Labute approximate surface area is 197 Å². The van der Waals surface area contributed by atoms with Crippen molar-refractivity contribution in [1.29, 1.82) is 0 Å². The highest BCUT2D eigenvalue weighted by molar-refractivity contribution is 6.28. The molecule has 2 atom stereocenters. The summed E-state index contributed by atoms with van der Waals surface area (Å²) < 4.78 is 30.5. The van der Waals surface area contributed by atoms with Gasteiger partial charge in [0.1, 0.15) is 23.7 Å². The van der Waals surface area contributed by atoms with Crippen LogP contribution >= 0.6 is 11.6 Å². The molecule has 0 aliphatic carbocycles. The molecule has 34 heavy (non-hydrogen) atoms. The number of aliphatic hydroxyl groups excluding tert-OH is 1. The molecule has 2 unspecified atom stereocenters. The fraction of sp³-hybridized carbons (Fsp3) is 0.364. The van der Waals surface area contributed by atoms with Crippen molar-refractivity contribution in [2.24, 2.45) is 5.92 Å². The third-order valence-corrected chi connectivity index (χ3v) is 6.23. The second-order valence-electron chi connectivity index (χ2n) is 8.40. The Kier molecular flexibility index (Phi) is 5.82. The summed E-state index contributed by atoms with van der Waals surface area (Å²) in [4.78, 5) is 25.9. The number of aromatic nitrogens is 6. The van der Waals surface area contributed by atoms with Gasteiger partial charge in [-0.2, -0.15) is 10.1 Å². The summed E-state index contributed by atoms with van der Waals surface area (Å²) in [6.45, 7) is 3.27. The molecule has 5 rings (SSSR count). The molecule has 0 spiro atoms. The van der Waals surface area contributed by atoms with Gasteiger partial charge in [0, 0.05) is 37.8 Å². The number of aliphatic hydroxyl groups is 1. The summed E-state index contributed by atoms with van der Waals surface area (Å²) in [6.07, 6.45) is 3.67. The van der Waals surface area contributed by atoms with Crippen molar-refractivity contribution < 1.29 is 13.9 Å². The van der Waals surface area contributed by atoms with Crippen molar-refractivity contribution >= 4 is 28.5 Å². The number of rotatable bonds is 6. The van der Waals surface area contributed by atoms with Crippen molar-refractivity contribution in [2.45, 2.75) is 39.1 Å². The van der Waals surface area contributed by atoms with Gasteiger partial charge >= 0.3 is 0 Å². The van der Waals surface area contributed by atoms with Gasteiger partial charge in [0.25, 0.3) is 5.56 Å². The lowest BCUT2D eigenvalue weighted by molar-refractivity contribution is 0.176. The monoisotopic (exact) mass is 489 g/mol. The largest absolute Gasteiger partial charge is 0.374 e. The lowest BCUT2D eigenvalue weighted by Crippen LogP contribution is -2.30. The van der Waals surface area contributed by atoms with Gasteiger partial charge in [-0.1, -0.05) is 6.92 Å². The first-order valence-corrected chi connectivity index (χ1v) is 11.3. The minimum absolute atomic E-state index is 0.00963. The lowest BCUT2D eigenvalue weighted by atomic mass is 10.1. The van der Waals surface area contributed by atoms with Crippen LogP contribution in [0, 0.1) is 17.6 Å². The summed E-state index contributed by atoms with van der Waals surface area (Å²) in [5.41, 5.74) is 1.06. The van der Waals surface area contributed by atoms with E-state index in [-0.39, 0.29) is 33.6 Å². The lowest BCUT2D eigenvalue weighted by Gasteiger charge is -2.23. The minimum Gasteiger partial charge on any atom is -0.374 e. The van der Waals surface area contributed by atoms with Crippen molar-refractivity contribution in [3.63, 3.8) is 0 Å². The normalized spacial score (nSPS) is 18.3. The third-order valence-electron chi connectivity index (χ3n) is 5.94. The number of benzene rings is 1. The first-order valence-electron chi connectivity index (χ1n) is 10.9. The standard InChI is InChI=1S/C22H22ClF2N7O2/c1-2-5-31-21(34)18-20(29-22(31)23)28-19(27-18)13-8-26-30(11-13)9-12-6-17(33)32(10-12)16-4-3-14(24)7-15(16)25/h3-4,7-8,11-12,17,33H,2,5-6,9-10H2,1H3,(H,27,28). The van der Waals surface area contributed by atoms with Crippen molar-refractivity contribution in [1.82, 2.24) is 29.3 Å². The molecule has 1 fully saturated rings. The smallest absolute Gasteiger partial charge is 0.280 e. The Balaban J connectivity index is 1.34. The second kappa shape index (κ2) is 8.80. The highest BCUT2D eigenvalue weighted by atomic mass is 35.5. The summed E-state index contributed by atoms with van der Waals surface area (Å²) in [5.74, 6) is -0.942. The van der Waals surface area contributed by atoms with Crippen molar-refractivity contribution in [3.8, 4) is 11.4 Å². The summed E-state index contributed by atoms with van der Waals surface area (Å²) in [6, 6.07) is 3.31. The van der Waals surface area contributed by atoms with E-state index in [2.05, 4.69) is 20.1 Å². The molecular formula is C22H22ClF2N7O2. The Morgan fingerprint density at radius 2 is 2.12 bits per heavy atom. The molecule has 9 nitrogen and oxygen atoms in total. The average molecular weight is 490 g/mol. The molecule has 0 radical (unpaired) electrons. The van der Waals surface area contributed by atoms with Crippen LogP contribution in [0.3, 0.4) is 0 Å². The van der Waals surface area contributed by atoms with E-state index in [1.807, 2.05) is 6.92 Å². The minimum atomic E-state index is -0.878. The average Bonchev–Trinajstić information content (AvgIpc) is 3.50. The molecule has 1 saturated heterocycles. The van der Waals surface area contributed by atoms with Gasteiger partial charge in [0.15, 0.2) is 11.2 Å². The summed E-state index contributed by atoms with van der Waals surface area (Å²) in [7, 11) is 0.